The monoisotopic (exact) mass is 726 g/mol. The number of para-hydroxylation sites is 2. The fourth-order valence-corrected chi connectivity index (χ4v) is 8.06. The van der Waals surface area contributed by atoms with Gasteiger partial charge >= 0.3 is 0 Å². The van der Waals surface area contributed by atoms with Crippen LogP contribution in [0.2, 0.25) is 0 Å². The summed E-state index contributed by atoms with van der Waals surface area (Å²) < 4.78 is 0. The van der Waals surface area contributed by atoms with Crippen molar-refractivity contribution in [3.63, 3.8) is 0 Å². The maximum absolute atomic E-state index is 4.96. The topological polar surface area (TPSA) is 41.9 Å². The number of fused-ring (bicyclic) bond motifs is 6. The fraction of sp³-hybridized carbons (Fsp3) is 0. The van der Waals surface area contributed by atoms with Gasteiger partial charge in [0.1, 0.15) is 0 Å². The molecule has 8 aromatic carbocycles. The van der Waals surface area contributed by atoms with Crippen LogP contribution in [0.3, 0.4) is 0 Å². The summed E-state index contributed by atoms with van der Waals surface area (Å²) >= 11 is 0. The maximum Gasteiger partial charge on any atom is 0.0709 e. The highest BCUT2D eigenvalue weighted by atomic mass is 15.1. The Hall–Kier alpha value is -7.69. The van der Waals surface area contributed by atoms with Gasteiger partial charge in [0.25, 0.3) is 0 Å². The van der Waals surface area contributed by atoms with Crippen molar-refractivity contribution in [1.82, 2.24) is 15.0 Å². The number of hydrogen-bond acceptors (Lipinski definition) is 4. The molecule has 57 heavy (non-hydrogen) atoms. The van der Waals surface area contributed by atoms with Crippen LogP contribution in [0.5, 0.6) is 0 Å². The van der Waals surface area contributed by atoms with Crippen molar-refractivity contribution in [3.8, 4) is 33.8 Å². The lowest BCUT2D eigenvalue weighted by atomic mass is 9.98. The molecule has 0 spiro atoms. The summed E-state index contributed by atoms with van der Waals surface area (Å²) in [5, 5.41) is 9.41. The van der Waals surface area contributed by atoms with Gasteiger partial charge in [-0.25, -0.2) is 9.97 Å². The minimum Gasteiger partial charge on any atom is -0.310 e. The third kappa shape index (κ3) is 6.01. The standard InChI is InChI=1S/C53H34N4/c1-2-10-43-34-54-53(33-39(43)9-1)42-19-27-47-40(31-42)13-14-41-32-46(26-28-48(41)47)57(44-22-15-37(16-23-44)51-29-20-35-7-3-5-11-49(35)55-51)45-24-17-38(18-25-45)52-30-21-36-8-4-6-12-50(36)56-52/h1-34H. The Kier molecular flexibility index (Phi) is 7.78. The van der Waals surface area contributed by atoms with Crippen LogP contribution in [0.15, 0.2) is 206 Å². The van der Waals surface area contributed by atoms with E-state index in [9.17, 15) is 0 Å². The van der Waals surface area contributed by atoms with E-state index in [0.717, 1.165) is 78.0 Å². The zero-order chi connectivity index (χ0) is 37.7. The minimum absolute atomic E-state index is 0.955. The van der Waals surface area contributed by atoms with Gasteiger partial charge in [-0.05, 0) is 99.7 Å². The molecule has 0 atom stereocenters. The van der Waals surface area contributed by atoms with Gasteiger partial charge in [-0.2, -0.15) is 0 Å². The second kappa shape index (κ2) is 13.6. The van der Waals surface area contributed by atoms with Gasteiger partial charge in [-0.15, -0.1) is 0 Å². The Morgan fingerprint density at radius 1 is 0.298 bits per heavy atom. The molecular weight excluding hydrogens is 693 g/mol. The Balaban J connectivity index is 0.981. The van der Waals surface area contributed by atoms with Gasteiger partial charge < -0.3 is 4.90 Å². The quantitative estimate of drug-likeness (QED) is 0.160. The Morgan fingerprint density at radius 3 is 1.39 bits per heavy atom. The smallest absolute Gasteiger partial charge is 0.0709 e. The first-order chi connectivity index (χ1) is 28.2. The van der Waals surface area contributed by atoms with Gasteiger partial charge in [-0.1, -0.05) is 127 Å². The normalized spacial score (nSPS) is 11.5. The van der Waals surface area contributed by atoms with Gasteiger partial charge in [0.15, 0.2) is 0 Å². The molecule has 11 rings (SSSR count). The first-order valence-electron chi connectivity index (χ1n) is 19.2. The molecule has 3 heterocycles. The lowest BCUT2D eigenvalue weighted by Crippen LogP contribution is -2.10. The number of rotatable bonds is 6. The Labute approximate surface area is 330 Å². The van der Waals surface area contributed by atoms with Crippen LogP contribution in [-0.4, -0.2) is 15.0 Å². The van der Waals surface area contributed by atoms with Crippen molar-refractivity contribution in [2.45, 2.75) is 0 Å². The molecular formula is C53H34N4. The van der Waals surface area contributed by atoms with Crippen molar-refractivity contribution >= 4 is 71.2 Å². The SMILES string of the molecule is c1ccc2cc(-c3ccc4c(ccc5cc(N(c6ccc(-c7ccc8ccccc8n7)cc6)c6ccc(-c7ccc8ccccc8n7)cc6)ccc54)c3)ncc2c1. The maximum atomic E-state index is 4.96. The first kappa shape index (κ1) is 32.7. The van der Waals surface area contributed by atoms with Crippen LogP contribution in [0, 0.1) is 0 Å². The fourth-order valence-electron chi connectivity index (χ4n) is 8.06. The molecule has 3 aromatic heterocycles. The summed E-state index contributed by atoms with van der Waals surface area (Å²) in [5.41, 5.74) is 11.3. The zero-order valence-electron chi connectivity index (χ0n) is 30.9. The summed E-state index contributed by atoms with van der Waals surface area (Å²) in [6.45, 7) is 0. The molecule has 4 nitrogen and oxygen atoms in total. The van der Waals surface area contributed by atoms with E-state index >= 15 is 0 Å². The van der Waals surface area contributed by atoms with Crippen LogP contribution in [0.25, 0.3) is 87.9 Å². The molecule has 0 radical (unpaired) electrons. The molecule has 0 amide bonds. The lowest BCUT2D eigenvalue weighted by molar-refractivity contribution is 1.28. The molecule has 0 bridgehead atoms. The predicted octanol–water partition coefficient (Wildman–Crippen LogP) is 14.1. The summed E-state index contributed by atoms with van der Waals surface area (Å²) in [5.74, 6) is 0. The highest BCUT2D eigenvalue weighted by Gasteiger charge is 2.16. The summed E-state index contributed by atoms with van der Waals surface area (Å²) in [6.07, 6.45) is 1.96. The van der Waals surface area contributed by atoms with E-state index in [4.69, 9.17) is 15.0 Å². The van der Waals surface area contributed by atoms with E-state index in [0.29, 0.717) is 0 Å². The molecule has 11 aromatic rings. The number of aromatic nitrogens is 3. The molecule has 0 saturated heterocycles. The summed E-state index contributed by atoms with van der Waals surface area (Å²) in [4.78, 5) is 17.0. The van der Waals surface area contributed by atoms with Gasteiger partial charge in [0.2, 0.25) is 0 Å². The van der Waals surface area contributed by atoms with Crippen LogP contribution >= 0.6 is 0 Å². The van der Waals surface area contributed by atoms with Crippen molar-refractivity contribution in [3.05, 3.63) is 206 Å². The largest absolute Gasteiger partial charge is 0.310 e. The number of nitrogens with zero attached hydrogens (tertiary/aromatic N) is 4. The molecule has 0 saturated carbocycles. The average molecular weight is 727 g/mol. The second-order valence-corrected chi connectivity index (χ2v) is 14.5. The van der Waals surface area contributed by atoms with Crippen molar-refractivity contribution in [2.75, 3.05) is 4.90 Å². The average Bonchev–Trinajstić information content (AvgIpc) is 3.29. The summed E-state index contributed by atoms with van der Waals surface area (Å²) in [6, 6.07) is 70.9. The highest BCUT2D eigenvalue weighted by Crippen LogP contribution is 2.39. The van der Waals surface area contributed by atoms with Gasteiger partial charge in [0.05, 0.1) is 28.1 Å². The van der Waals surface area contributed by atoms with E-state index in [2.05, 4.69) is 181 Å². The number of pyridine rings is 3. The van der Waals surface area contributed by atoms with Gasteiger partial charge in [0, 0.05) is 56.1 Å². The molecule has 0 aliphatic heterocycles. The van der Waals surface area contributed by atoms with E-state index in [-0.39, 0.29) is 0 Å². The Bertz CT molecular complexity index is 3180. The van der Waals surface area contributed by atoms with E-state index in [1.807, 2.05) is 30.5 Å². The van der Waals surface area contributed by atoms with Crippen LogP contribution in [-0.2, 0) is 0 Å². The Morgan fingerprint density at radius 2 is 0.772 bits per heavy atom. The van der Waals surface area contributed by atoms with Crippen molar-refractivity contribution in [2.24, 2.45) is 0 Å². The van der Waals surface area contributed by atoms with Crippen LogP contribution in [0.1, 0.15) is 0 Å². The molecule has 0 unspecified atom stereocenters. The number of anilines is 3. The third-order valence-corrected chi connectivity index (χ3v) is 11.0. The third-order valence-electron chi connectivity index (χ3n) is 11.0. The molecule has 0 N–H and O–H groups in total. The van der Waals surface area contributed by atoms with E-state index in [1.54, 1.807) is 0 Å². The van der Waals surface area contributed by atoms with Crippen LogP contribution < -0.4 is 4.90 Å². The van der Waals surface area contributed by atoms with Crippen molar-refractivity contribution < 1.29 is 0 Å². The second-order valence-electron chi connectivity index (χ2n) is 14.5. The predicted molar refractivity (Wildman–Crippen MR) is 238 cm³/mol. The number of hydrogen-bond donors (Lipinski definition) is 0. The zero-order valence-corrected chi connectivity index (χ0v) is 30.9. The minimum atomic E-state index is 0.955. The van der Waals surface area contributed by atoms with E-state index < -0.39 is 0 Å². The summed E-state index contributed by atoms with van der Waals surface area (Å²) in [7, 11) is 0. The van der Waals surface area contributed by atoms with Crippen molar-refractivity contribution in [1.29, 1.82) is 0 Å². The molecule has 4 heteroatoms. The van der Waals surface area contributed by atoms with Crippen LogP contribution in [0.4, 0.5) is 17.1 Å². The van der Waals surface area contributed by atoms with E-state index in [1.165, 1.54) is 26.9 Å². The lowest BCUT2D eigenvalue weighted by Gasteiger charge is -2.26. The highest BCUT2D eigenvalue weighted by molar-refractivity contribution is 6.09. The molecule has 0 aliphatic rings. The van der Waals surface area contributed by atoms with Gasteiger partial charge in [-0.3, -0.25) is 4.98 Å². The molecule has 266 valence electrons. The molecule has 0 fully saturated rings. The number of benzene rings is 8. The molecule has 0 aliphatic carbocycles. The first-order valence-corrected chi connectivity index (χ1v) is 19.2.